The number of carbonyl (C=O) groups excluding carboxylic acids is 1. The molecule has 0 unspecified atom stereocenters. The fourth-order valence-electron chi connectivity index (χ4n) is 2.34. The van der Waals surface area contributed by atoms with Crippen LogP contribution in [0.15, 0.2) is 18.2 Å². The lowest BCUT2D eigenvalue weighted by atomic mass is 9.80. The van der Waals surface area contributed by atoms with Crippen LogP contribution >= 0.6 is 0 Å². The summed E-state index contributed by atoms with van der Waals surface area (Å²) in [5, 5.41) is 18.0. The minimum absolute atomic E-state index is 0.0617. The van der Waals surface area contributed by atoms with E-state index in [0.717, 1.165) is 16.8 Å². The third kappa shape index (κ3) is 1.51. The van der Waals surface area contributed by atoms with E-state index in [4.69, 9.17) is 10.4 Å². The van der Waals surface area contributed by atoms with Crippen molar-refractivity contribution in [2.75, 3.05) is 11.9 Å². The van der Waals surface area contributed by atoms with Crippen molar-refractivity contribution in [3.8, 4) is 6.07 Å². The van der Waals surface area contributed by atoms with Crippen LogP contribution in [-0.4, -0.2) is 18.1 Å². The summed E-state index contributed by atoms with van der Waals surface area (Å²) in [5.74, 6) is -0.0656. The zero-order valence-electron chi connectivity index (χ0n) is 9.90. The maximum atomic E-state index is 12.2. The molecule has 1 N–H and O–H groups in total. The molecule has 0 radical (unpaired) electrons. The van der Waals surface area contributed by atoms with Gasteiger partial charge in [0.2, 0.25) is 5.91 Å². The number of anilines is 1. The van der Waals surface area contributed by atoms with Gasteiger partial charge in [-0.05, 0) is 24.1 Å². The summed E-state index contributed by atoms with van der Waals surface area (Å²) >= 11 is 0. The molecular formula is C13H14N2O2. The van der Waals surface area contributed by atoms with Crippen LogP contribution in [0.5, 0.6) is 0 Å². The summed E-state index contributed by atoms with van der Waals surface area (Å²) in [6, 6.07) is 7.50. The number of likely N-dealkylation sites (N-methyl/N-ethyl adjacent to an activating group) is 1. The van der Waals surface area contributed by atoms with E-state index in [9.17, 15) is 4.79 Å². The molecule has 88 valence electrons. The van der Waals surface area contributed by atoms with Crippen molar-refractivity contribution in [2.24, 2.45) is 0 Å². The molecule has 1 atom stereocenters. The van der Waals surface area contributed by atoms with Crippen molar-refractivity contribution in [3.05, 3.63) is 29.3 Å². The van der Waals surface area contributed by atoms with Gasteiger partial charge in [0.25, 0.3) is 0 Å². The molecule has 0 saturated heterocycles. The average molecular weight is 230 g/mol. The molecular weight excluding hydrogens is 216 g/mol. The molecule has 17 heavy (non-hydrogen) atoms. The predicted octanol–water partition coefficient (Wildman–Crippen LogP) is 1.33. The Hall–Kier alpha value is -1.86. The second-order valence-electron chi connectivity index (χ2n) is 4.54. The van der Waals surface area contributed by atoms with Crippen LogP contribution in [0.1, 0.15) is 24.5 Å². The molecule has 0 spiro atoms. The van der Waals surface area contributed by atoms with Gasteiger partial charge in [-0.15, -0.1) is 0 Å². The van der Waals surface area contributed by atoms with Crippen molar-refractivity contribution >= 4 is 11.6 Å². The Labute approximate surface area is 100 Å². The van der Waals surface area contributed by atoms with E-state index >= 15 is 0 Å². The molecule has 1 aromatic rings. The third-order valence-electron chi connectivity index (χ3n) is 3.41. The molecule has 1 heterocycles. The van der Waals surface area contributed by atoms with E-state index in [-0.39, 0.29) is 18.9 Å². The number of hydrogen-bond donors (Lipinski definition) is 1. The van der Waals surface area contributed by atoms with E-state index in [0.29, 0.717) is 0 Å². The molecule has 0 saturated carbocycles. The Bertz CT molecular complexity index is 519. The highest BCUT2D eigenvalue weighted by atomic mass is 16.3. The van der Waals surface area contributed by atoms with Gasteiger partial charge >= 0.3 is 0 Å². The van der Waals surface area contributed by atoms with Gasteiger partial charge in [-0.1, -0.05) is 12.1 Å². The molecule has 1 aromatic carbocycles. The molecule has 4 heteroatoms. The van der Waals surface area contributed by atoms with Crippen LogP contribution in [-0.2, 0) is 16.8 Å². The zero-order chi connectivity index (χ0) is 12.6. The van der Waals surface area contributed by atoms with Gasteiger partial charge < -0.3 is 10.0 Å². The minimum atomic E-state index is -0.788. The monoisotopic (exact) mass is 230 g/mol. The van der Waals surface area contributed by atoms with Crippen LogP contribution < -0.4 is 4.90 Å². The number of benzene rings is 1. The second kappa shape index (κ2) is 3.86. The summed E-state index contributed by atoms with van der Waals surface area (Å²) in [7, 11) is 1.71. The number of rotatable bonds is 2. The lowest BCUT2D eigenvalue weighted by Crippen LogP contribution is -2.35. The number of nitriles is 1. The smallest absolute Gasteiger partial charge is 0.238 e. The summed E-state index contributed by atoms with van der Waals surface area (Å²) in [4.78, 5) is 13.8. The first-order valence-corrected chi connectivity index (χ1v) is 5.44. The summed E-state index contributed by atoms with van der Waals surface area (Å²) < 4.78 is 0. The molecule has 0 bridgehead atoms. The molecule has 1 aliphatic heterocycles. The first-order chi connectivity index (χ1) is 8.04. The second-order valence-corrected chi connectivity index (χ2v) is 4.54. The number of aliphatic hydroxyl groups excluding tert-OH is 1. The Morgan fingerprint density at radius 1 is 1.53 bits per heavy atom. The van der Waals surface area contributed by atoms with Crippen LogP contribution in [0.25, 0.3) is 0 Å². The lowest BCUT2D eigenvalue weighted by molar-refractivity contribution is -0.122. The lowest BCUT2D eigenvalue weighted by Gasteiger charge is -2.19. The minimum Gasteiger partial charge on any atom is -0.392 e. The number of hydrogen-bond acceptors (Lipinski definition) is 3. The van der Waals surface area contributed by atoms with Crippen molar-refractivity contribution in [2.45, 2.75) is 25.4 Å². The van der Waals surface area contributed by atoms with Gasteiger partial charge in [0, 0.05) is 12.7 Å². The normalized spacial score (nSPS) is 22.5. The van der Waals surface area contributed by atoms with Crippen LogP contribution in [0.3, 0.4) is 0 Å². The Balaban J connectivity index is 2.62. The van der Waals surface area contributed by atoms with Crippen molar-refractivity contribution < 1.29 is 9.90 Å². The van der Waals surface area contributed by atoms with E-state index in [2.05, 4.69) is 6.07 Å². The maximum absolute atomic E-state index is 12.2. The van der Waals surface area contributed by atoms with E-state index < -0.39 is 5.41 Å². The van der Waals surface area contributed by atoms with Crippen LogP contribution in [0.2, 0.25) is 0 Å². The van der Waals surface area contributed by atoms with Gasteiger partial charge in [0.05, 0.1) is 24.5 Å². The number of carbonyl (C=O) groups is 1. The number of nitrogens with zero attached hydrogens (tertiary/aromatic N) is 2. The highest BCUT2D eigenvalue weighted by Gasteiger charge is 2.45. The van der Waals surface area contributed by atoms with Crippen LogP contribution in [0.4, 0.5) is 5.69 Å². The summed E-state index contributed by atoms with van der Waals surface area (Å²) in [6.45, 7) is 1.72. The zero-order valence-corrected chi connectivity index (χ0v) is 9.90. The molecule has 1 amide bonds. The number of amides is 1. The summed E-state index contributed by atoms with van der Waals surface area (Å²) in [5.41, 5.74) is 1.63. The molecule has 0 aliphatic carbocycles. The maximum Gasteiger partial charge on any atom is 0.238 e. The average Bonchev–Trinajstić information content (AvgIpc) is 2.52. The van der Waals surface area contributed by atoms with Gasteiger partial charge in [0.1, 0.15) is 0 Å². The third-order valence-corrected chi connectivity index (χ3v) is 3.41. The van der Waals surface area contributed by atoms with E-state index in [1.54, 1.807) is 24.9 Å². The molecule has 2 rings (SSSR count). The van der Waals surface area contributed by atoms with Crippen molar-refractivity contribution in [1.29, 1.82) is 5.26 Å². The Morgan fingerprint density at radius 3 is 2.82 bits per heavy atom. The highest BCUT2D eigenvalue weighted by Crippen LogP contribution is 2.43. The molecule has 4 nitrogen and oxygen atoms in total. The Kier molecular flexibility index (Phi) is 2.64. The quantitative estimate of drug-likeness (QED) is 0.833. The first kappa shape index (κ1) is 11.6. The standard InChI is InChI=1S/C13H14N2O2/c1-13(5-6-14)10-7-9(8-16)3-4-11(10)15(2)12(13)17/h3-4,7,16H,5,8H2,1-2H3/t13-/m1/s1. The first-order valence-electron chi connectivity index (χ1n) is 5.44. The number of fused-ring (bicyclic) bond motifs is 1. The highest BCUT2D eigenvalue weighted by molar-refractivity contribution is 6.07. The van der Waals surface area contributed by atoms with Gasteiger partial charge in [-0.3, -0.25) is 4.79 Å². The molecule has 1 aliphatic rings. The number of aliphatic hydroxyl groups is 1. The van der Waals surface area contributed by atoms with E-state index in [1.165, 1.54) is 0 Å². The summed E-state index contributed by atoms with van der Waals surface area (Å²) in [6.07, 6.45) is 0.151. The topological polar surface area (TPSA) is 64.3 Å². The molecule has 0 aromatic heterocycles. The Morgan fingerprint density at radius 2 is 2.24 bits per heavy atom. The van der Waals surface area contributed by atoms with Gasteiger partial charge in [-0.2, -0.15) is 5.26 Å². The van der Waals surface area contributed by atoms with Crippen molar-refractivity contribution in [3.63, 3.8) is 0 Å². The van der Waals surface area contributed by atoms with Crippen LogP contribution in [0, 0.1) is 11.3 Å². The fourth-order valence-corrected chi connectivity index (χ4v) is 2.34. The van der Waals surface area contributed by atoms with Crippen molar-refractivity contribution in [1.82, 2.24) is 0 Å². The fraction of sp³-hybridized carbons (Fsp3) is 0.385. The SMILES string of the molecule is CN1C(=O)[C@](C)(CC#N)c2cc(CO)ccc21. The van der Waals surface area contributed by atoms with E-state index in [1.807, 2.05) is 12.1 Å². The predicted molar refractivity (Wildman–Crippen MR) is 63.4 cm³/mol. The largest absolute Gasteiger partial charge is 0.392 e. The molecule has 0 fully saturated rings. The van der Waals surface area contributed by atoms with Gasteiger partial charge in [0.15, 0.2) is 0 Å². The van der Waals surface area contributed by atoms with Gasteiger partial charge in [-0.25, -0.2) is 0 Å².